The summed E-state index contributed by atoms with van der Waals surface area (Å²) in [5, 5.41) is 4.46. The van der Waals surface area contributed by atoms with Crippen molar-refractivity contribution in [1.29, 1.82) is 0 Å². The number of nitrogens with one attached hydrogen (secondary N) is 1. The van der Waals surface area contributed by atoms with Gasteiger partial charge in [-0.15, -0.1) is 11.3 Å². The molecule has 150 valence electrons. The van der Waals surface area contributed by atoms with Crippen LogP contribution in [-0.2, 0) is 14.3 Å². The van der Waals surface area contributed by atoms with E-state index < -0.39 is 11.9 Å². The molecule has 0 saturated carbocycles. The van der Waals surface area contributed by atoms with E-state index in [0.29, 0.717) is 10.6 Å². The van der Waals surface area contributed by atoms with Crippen LogP contribution in [0.5, 0.6) is 0 Å². The number of anilines is 1. The number of aromatic nitrogens is 2. The maximum absolute atomic E-state index is 12.5. The summed E-state index contributed by atoms with van der Waals surface area (Å²) in [6.45, 7) is 1.60. The maximum atomic E-state index is 12.5. The lowest BCUT2D eigenvalue weighted by atomic mass is 10.1. The minimum absolute atomic E-state index is 0.0616. The van der Waals surface area contributed by atoms with E-state index in [9.17, 15) is 14.4 Å². The van der Waals surface area contributed by atoms with Crippen molar-refractivity contribution in [2.45, 2.75) is 11.9 Å². The third-order valence-corrected chi connectivity index (χ3v) is 6.20. The van der Waals surface area contributed by atoms with E-state index >= 15 is 0 Å². The maximum Gasteiger partial charge on any atom is 0.348 e. The van der Waals surface area contributed by atoms with Crippen molar-refractivity contribution in [3.8, 4) is 0 Å². The zero-order valence-electron chi connectivity index (χ0n) is 15.8. The second kappa shape index (κ2) is 9.01. The van der Waals surface area contributed by atoms with Crippen molar-refractivity contribution in [2.24, 2.45) is 0 Å². The number of methoxy groups -OCH3 is 2. The van der Waals surface area contributed by atoms with E-state index in [4.69, 9.17) is 9.47 Å². The molecule has 0 aliphatic rings. The molecule has 0 fully saturated rings. The fourth-order valence-corrected chi connectivity index (χ4v) is 4.55. The average molecular weight is 431 g/mol. The molecule has 0 bridgehead atoms. The predicted molar refractivity (Wildman–Crippen MR) is 111 cm³/mol. The summed E-state index contributed by atoms with van der Waals surface area (Å²) < 4.78 is 9.52. The van der Waals surface area contributed by atoms with Crippen LogP contribution in [0.1, 0.15) is 25.6 Å². The van der Waals surface area contributed by atoms with Gasteiger partial charge < -0.3 is 14.8 Å². The fourth-order valence-electron chi connectivity index (χ4n) is 2.63. The lowest BCUT2D eigenvalue weighted by molar-refractivity contribution is -0.113. The molecule has 0 spiro atoms. The van der Waals surface area contributed by atoms with Gasteiger partial charge in [-0.1, -0.05) is 30.0 Å². The van der Waals surface area contributed by atoms with E-state index in [-0.39, 0.29) is 27.1 Å². The number of nitrogens with zero attached hydrogens (tertiary/aromatic N) is 2. The Kier molecular flexibility index (Phi) is 6.45. The number of hydrogen-bond acceptors (Lipinski definition) is 9. The first-order valence-electron chi connectivity index (χ1n) is 8.38. The van der Waals surface area contributed by atoms with Crippen LogP contribution < -0.4 is 5.32 Å². The van der Waals surface area contributed by atoms with E-state index in [2.05, 4.69) is 15.3 Å². The van der Waals surface area contributed by atoms with Crippen molar-refractivity contribution in [3.63, 3.8) is 0 Å². The molecule has 3 aromatic rings. The molecule has 0 atom stereocenters. The molecule has 10 heteroatoms. The summed E-state index contributed by atoms with van der Waals surface area (Å²) in [7, 11) is 2.49. The second-order valence-electron chi connectivity index (χ2n) is 5.78. The highest BCUT2D eigenvalue weighted by Crippen LogP contribution is 2.34. The fraction of sp³-hybridized carbons (Fsp3) is 0.211. The van der Waals surface area contributed by atoms with Crippen molar-refractivity contribution in [2.75, 3.05) is 25.3 Å². The molecule has 2 heterocycles. The summed E-state index contributed by atoms with van der Waals surface area (Å²) in [5.41, 5.74) is 1.33. The van der Waals surface area contributed by atoms with Crippen LogP contribution in [0.15, 0.2) is 35.6 Å². The van der Waals surface area contributed by atoms with E-state index in [0.717, 1.165) is 22.2 Å². The van der Waals surface area contributed by atoms with Gasteiger partial charge in [-0.05, 0) is 18.6 Å². The van der Waals surface area contributed by atoms with E-state index in [1.807, 2.05) is 24.3 Å². The SMILES string of the molecule is COC(=O)c1sc(NC(=O)CSc2ncnc3ccccc23)c(C(=O)OC)c1C. The molecule has 0 aliphatic heterocycles. The number of fused-ring (bicyclic) bond motifs is 1. The van der Waals surface area contributed by atoms with Crippen LogP contribution in [0, 0.1) is 6.92 Å². The van der Waals surface area contributed by atoms with Gasteiger partial charge in [-0.3, -0.25) is 4.79 Å². The Morgan fingerprint density at radius 2 is 1.83 bits per heavy atom. The number of esters is 2. The summed E-state index contributed by atoms with van der Waals surface area (Å²) in [5.74, 6) is -1.51. The Bertz CT molecular complexity index is 1090. The van der Waals surface area contributed by atoms with Crippen molar-refractivity contribution in [1.82, 2.24) is 9.97 Å². The monoisotopic (exact) mass is 431 g/mol. The van der Waals surface area contributed by atoms with Gasteiger partial charge >= 0.3 is 11.9 Å². The van der Waals surface area contributed by atoms with Gasteiger partial charge in [0, 0.05) is 5.39 Å². The second-order valence-corrected chi connectivity index (χ2v) is 7.76. The molecular weight excluding hydrogens is 414 g/mol. The molecule has 8 nitrogen and oxygen atoms in total. The molecule has 0 unspecified atom stereocenters. The molecule has 0 radical (unpaired) electrons. The number of amides is 1. The number of hydrogen-bond donors (Lipinski definition) is 1. The van der Waals surface area contributed by atoms with E-state index in [1.54, 1.807) is 6.92 Å². The lowest BCUT2D eigenvalue weighted by Gasteiger charge is -2.07. The zero-order valence-corrected chi connectivity index (χ0v) is 17.5. The number of benzene rings is 1. The van der Waals surface area contributed by atoms with Crippen LogP contribution >= 0.6 is 23.1 Å². The van der Waals surface area contributed by atoms with Crippen LogP contribution in [0.25, 0.3) is 10.9 Å². The largest absolute Gasteiger partial charge is 0.465 e. The Morgan fingerprint density at radius 1 is 1.10 bits per heavy atom. The highest BCUT2D eigenvalue weighted by atomic mass is 32.2. The first kappa shape index (κ1) is 20.7. The number of carbonyl (C=O) groups is 3. The third kappa shape index (κ3) is 4.38. The van der Waals surface area contributed by atoms with Crippen molar-refractivity contribution in [3.05, 3.63) is 46.6 Å². The summed E-state index contributed by atoms with van der Waals surface area (Å²) in [6.07, 6.45) is 1.45. The Balaban J connectivity index is 1.79. The van der Waals surface area contributed by atoms with Gasteiger partial charge in [-0.25, -0.2) is 19.6 Å². The van der Waals surface area contributed by atoms with Gasteiger partial charge in [0.25, 0.3) is 0 Å². The van der Waals surface area contributed by atoms with Crippen LogP contribution in [0.2, 0.25) is 0 Å². The summed E-state index contributed by atoms with van der Waals surface area (Å²) in [4.78, 5) is 45.3. The van der Waals surface area contributed by atoms with Gasteiger partial charge in [-0.2, -0.15) is 0 Å². The van der Waals surface area contributed by atoms with Crippen LogP contribution in [0.3, 0.4) is 0 Å². The number of ether oxygens (including phenoxy) is 2. The minimum atomic E-state index is -0.640. The molecule has 1 amide bonds. The average Bonchev–Trinajstić information content (AvgIpc) is 3.06. The Morgan fingerprint density at radius 3 is 2.55 bits per heavy atom. The highest BCUT2D eigenvalue weighted by Gasteiger charge is 2.26. The van der Waals surface area contributed by atoms with Gasteiger partial charge in [0.05, 0.1) is 31.1 Å². The first-order chi connectivity index (χ1) is 14.0. The number of rotatable bonds is 6. The van der Waals surface area contributed by atoms with Gasteiger partial charge in [0.15, 0.2) is 0 Å². The summed E-state index contributed by atoms with van der Waals surface area (Å²) in [6, 6.07) is 7.51. The van der Waals surface area contributed by atoms with Crippen molar-refractivity contribution < 1.29 is 23.9 Å². The lowest BCUT2D eigenvalue weighted by Crippen LogP contribution is -2.16. The number of carbonyl (C=O) groups excluding carboxylic acids is 3. The molecule has 0 aliphatic carbocycles. The zero-order chi connectivity index (χ0) is 21.0. The standard InChI is InChI=1S/C19H17N3O5S2/c1-10-14(18(24)26-2)17(29-15(10)19(25)27-3)22-13(23)8-28-16-11-6-4-5-7-12(11)20-9-21-16/h4-7,9H,8H2,1-3H3,(H,22,23). The number of para-hydroxylation sites is 1. The molecule has 3 rings (SSSR count). The molecule has 1 N–H and O–H groups in total. The van der Waals surface area contributed by atoms with Gasteiger partial charge in [0.2, 0.25) is 5.91 Å². The van der Waals surface area contributed by atoms with E-state index in [1.165, 1.54) is 32.3 Å². The quantitative estimate of drug-likeness (QED) is 0.360. The third-order valence-electron chi connectivity index (χ3n) is 4.01. The Hall–Kier alpha value is -2.98. The van der Waals surface area contributed by atoms with Crippen molar-refractivity contribution >= 4 is 56.8 Å². The van der Waals surface area contributed by atoms with Crippen LogP contribution in [-0.4, -0.2) is 47.8 Å². The first-order valence-corrected chi connectivity index (χ1v) is 10.2. The predicted octanol–water partition coefficient (Wildman–Crippen LogP) is 3.30. The van der Waals surface area contributed by atoms with Crippen LogP contribution in [0.4, 0.5) is 5.00 Å². The number of thioether (sulfide) groups is 1. The summed E-state index contributed by atoms with van der Waals surface area (Å²) >= 11 is 2.23. The highest BCUT2D eigenvalue weighted by molar-refractivity contribution is 8.00. The smallest absolute Gasteiger partial charge is 0.348 e. The Labute approximate surface area is 174 Å². The minimum Gasteiger partial charge on any atom is -0.465 e. The molecule has 2 aromatic heterocycles. The molecule has 1 aromatic carbocycles. The topological polar surface area (TPSA) is 107 Å². The number of thiophene rings is 1. The normalized spacial score (nSPS) is 10.6. The molecule has 0 saturated heterocycles. The molecular formula is C19H17N3O5S2. The van der Waals surface area contributed by atoms with Gasteiger partial charge in [0.1, 0.15) is 21.2 Å². The molecule has 29 heavy (non-hydrogen) atoms.